The Hall–Kier alpha value is -1.44. The molecule has 1 amide bonds. The van der Waals surface area contributed by atoms with Gasteiger partial charge in [-0.1, -0.05) is 25.1 Å². The predicted octanol–water partition coefficient (Wildman–Crippen LogP) is 1.38. The van der Waals surface area contributed by atoms with Crippen molar-refractivity contribution in [1.82, 2.24) is 9.62 Å². The van der Waals surface area contributed by atoms with Crippen molar-refractivity contribution in [3.63, 3.8) is 0 Å². The van der Waals surface area contributed by atoms with Crippen molar-refractivity contribution >= 4 is 15.9 Å². The zero-order valence-corrected chi connectivity index (χ0v) is 14.4. The number of carbonyl (C=O) groups is 1. The maximum atomic E-state index is 12.4. The number of benzene rings is 1. The fourth-order valence-corrected chi connectivity index (χ4v) is 3.68. The third-order valence-electron chi connectivity index (χ3n) is 4.27. The highest BCUT2D eigenvalue weighted by atomic mass is 32.2. The number of nitrogens with zero attached hydrogens (tertiary/aromatic N) is 1. The summed E-state index contributed by atoms with van der Waals surface area (Å²) in [6.45, 7) is 5.70. The SMILES string of the molecule is CC[C@@]1(C)COCCN1C(=O)CCNS(=O)(=O)c1ccccc1. The molecule has 0 bridgehead atoms. The third kappa shape index (κ3) is 4.31. The van der Waals surface area contributed by atoms with Gasteiger partial charge in [-0.3, -0.25) is 4.79 Å². The molecule has 0 aromatic heterocycles. The molecule has 0 saturated carbocycles. The molecule has 1 N–H and O–H groups in total. The second-order valence-electron chi connectivity index (χ2n) is 5.91. The number of amides is 1. The largest absolute Gasteiger partial charge is 0.377 e. The minimum Gasteiger partial charge on any atom is -0.377 e. The quantitative estimate of drug-likeness (QED) is 0.849. The molecule has 1 aromatic rings. The highest BCUT2D eigenvalue weighted by Gasteiger charge is 2.36. The lowest BCUT2D eigenvalue weighted by atomic mass is 9.95. The molecular weight excluding hydrogens is 316 g/mol. The van der Waals surface area contributed by atoms with Crippen LogP contribution in [0.15, 0.2) is 35.2 Å². The number of morpholine rings is 1. The molecule has 6 nitrogen and oxygen atoms in total. The molecule has 128 valence electrons. The summed E-state index contributed by atoms with van der Waals surface area (Å²) in [5.74, 6) is -0.0478. The number of rotatable bonds is 6. The van der Waals surface area contributed by atoms with E-state index >= 15 is 0 Å². The Morgan fingerprint density at radius 2 is 2.04 bits per heavy atom. The Labute approximate surface area is 137 Å². The summed E-state index contributed by atoms with van der Waals surface area (Å²) in [6, 6.07) is 8.15. The molecule has 1 aliphatic heterocycles. The van der Waals surface area contributed by atoms with Crippen molar-refractivity contribution < 1.29 is 17.9 Å². The molecule has 1 aromatic carbocycles. The van der Waals surface area contributed by atoms with Gasteiger partial charge in [0.05, 0.1) is 23.6 Å². The van der Waals surface area contributed by atoms with E-state index in [1.165, 1.54) is 12.1 Å². The van der Waals surface area contributed by atoms with E-state index in [0.29, 0.717) is 19.8 Å². The highest BCUT2D eigenvalue weighted by Crippen LogP contribution is 2.24. The number of nitrogens with one attached hydrogen (secondary N) is 1. The van der Waals surface area contributed by atoms with Crippen LogP contribution in [-0.2, 0) is 19.6 Å². The van der Waals surface area contributed by atoms with Gasteiger partial charge in [0.2, 0.25) is 15.9 Å². The summed E-state index contributed by atoms with van der Waals surface area (Å²) >= 11 is 0. The summed E-state index contributed by atoms with van der Waals surface area (Å²) in [5, 5.41) is 0. The summed E-state index contributed by atoms with van der Waals surface area (Å²) in [5.41, 5.74) is -0.312. The molecule has 23 heavy (non-hydrogen) atoms. The first-order chi connectivity index (χ1) is 10.9. The lowest BCUT2D eigenvalue weighted by molar-refractivity contribution is -0.148. The molecule has 7 heteroatoms. The molecule has 0 unspecified atom stereocenters. The molecule has 1 fully saturated rings. The maximum Gasteiger partial charge on any atom is 0.240 e. The van der Waals surface area contributed by atoms with E-state index in [2.05, 4.69) is 4.72 Å². The van der Waals surface area contributed by atoms with Crippen LogP contribution in [-0.4, -0.2) is 51.1 Å². The van der Waals surface area contributed by atoms with Crippen molar-refractivity contribution in [3.8, 4) is 0 Å². The number of carbonyl (C=O) groups excluding carboxylic acids is 1. The van der Waals surface area contributed by atoms with Gasteiger partial charge >= 0.3 is 0 Å². The molecule has 1 heterocycles. The Morgan fingerprint density at radius 3 is 2.70 bits per heavy atom. The van der Waals surface area contributed by atoms with Crippen LogP contribution in [0.5, 0.6) is 0 Å². The fraction of sp³-hybridized carbons (Fsp3) is 0.562. The second kappa shape index (κ2) is 7.42. The molecule has 2 rings (SSSR count). The highest BCUT2D eigenvalue weighted by molar-refractivity contribution is 7.89. The zero-order chi connectivity index (χ0) is 16.9. The minimum absolute atomic E-state index is 0.0478. The third-order valence-corrected chi connectivity index (χ3v) is 5.75. The second-order valence-corrected chi connectivity index (χ2v) is 7.68. The first kappa shape index (κ1) is 17.9. The first-order valence-corrected chi connectivity index (χ1v) is 9.30. The summed E-state index contributed by atoms with van der Waals surface area (Å²) < 4.78 is 32.2. The number of ether oxygens (including phenoxy) is 1. The van der Waals surface area contributed by atoms with E-state index < -0.39 is 10.0 Å². The van der Waals surface area contributed by atoms with E-state index in [-0.39, 0.29) is 29.3 Å². The maximum absolute atomic E-state index is 12.4. The topological polar surface area (TPSA) is 75.7 Å². The Morgan fingerprint density at radius 1 is 1.35 bits per heavy atom. The Bertz CT molecular complexity index is 633. The molecule has 0 radical (unpaired) electrons. The van der Waals surface area contributed by atoms with Crippen molar-refractivity contribution in [2.75, 3.05) is 26.3 Å². The number of sulfonamides is 1. The van der Waals surface area contributed by atoms with Gasteiger partial charge in [0, 0.05) is 19.5 Å². The monoisotopic (exact) mass is 340 g/mol. The molecule has 1 aliphatic rings. The van der Waals surface area contributed by atoms with Gasteiger partial charge < -0.3 is 9.64 Å². The van der Waals surface area contributed by atoms with Gasteiger partial charge in [0.15, 0.2) is 0 Å². The number of hydrogen-bond acceptors (Lipinski definition) is 4. The summed E-state index contributed by atoms with van der Waals surface area (Å²) in [4.78, 5) is 14.4. The van der Waals surface area contributed by atoms with Crippen LogP contribution in [0.25, 0.3) is 0 Å². The van der Waals surface area contributed by atoms with Crippen LogP contribution < -0.4 is 4.72 Å². The van der Waals surface area contributed by atoms with E-state index in [0.717, 1.165) is 6.42 Å². The predicted molar refractivity (Wildman–Crippen MR) is 87.5 cm³/mol. The summed E-state index contributed by atoms with van der Waals surface area (Å²) in [6.07, 6.45) is 0.941. The molecule has 1 atom stereocenters. The fourth-order valence-electron chi connectivity index (χ4n) is 2.62. The van der Waals surface area contributed by atoms with Gasteiger partial charge in [0.25, 0.3) is 0 Å². The standard InChI is InChI=1S/C16H24N2O4S/c1-3-16(2)13-22-12-11-18(16)15(19)9-10-17-23(20,21)14-7-5-4-6-8-14/h4-8,17H,3,9-13H2,1-2H3/t16-/m0/s1. The van der Waals surface area contributed by atoms with E-state index in [4.69, 9.17) is 4.74 Å². The Kier molecular flexibility index (Phi) is 5.78. The lowest BCUT2D eigenvalue weighted by Crippen LogP contribution is -2.57. The van der Waals surface area contributed by atoms with E-state index in [9.17, 15) is 13.2 Å². The average molecular weight is 340 g/mol. The van der Waals surface area contributed by atoms with Crippen LogP contribution in [0.2, 0.25) is 0 Å². The van der Waals surface area contributed by atoms with Crippen molar-refractivity contribution in [2.24, 2.45) is 0 Å². The number of hydrogen-bond donors (Lipinski definition) is 1. The van der Waals surface area contributed by atoms with Gasteiger partial charge in [-0.2, -0.15) is 0 Å². The van der Waals surface area contributed by atoms with Crippen LogP contribution in [0.3, 0.4) is 0 Å². The molecule has 1 saturated heterocycles. The smallest absolute Gasteiger partial charge is 0.240 e. The van der Waals surface area contributed by atoms with Crippen molar-refractivity contribution in [2.45, 2.75) is 37.1 Å². The summed E-state index contributed by atoms with van der Waals surface area (Å²) in [7, 11) is -3.57. The van der Waals surface area contributed by atoms with E-state index in [1.54, 1.807) is 18.2 Å². The van der Waals surface area contributed by atoms with Gasteiger partial charge in [-0.15, -0.1) is 0 Å². The van der Waals surface area contributed by atoms with Gasteiger partial charge in [-0.05, 0) is 25.5 Å². The molecular formula is C16H24N2O4S. The zero-order valence-electron chi connectivity index (χ0n) is 13.6. The van der Waals surface area contributed by atoms with Crippen LogP contribution >= 0.6 is 0 Å². The molecule has 0 spiro atoms. The Balaban J connectivity index is 1.92. The van der Waals surface area contributed by atoms with Gasteiger partial charge in [-0.25, -0.2) is 13.1 Å². The molecule has 0 aliphatic carbocycles. The van der Waals surface area contributed by atoms with E-state index in [1.807, 2.05) is 18.7 Å². The van der Waals surface area contributed by atoms with Crippen LogP contribution in [0.4, 0.5) is 0 Å². The normalized spacial score (nSPS) is 22.1. The van der Waals surface area contributed by atoms with Crippen LogP contribution in [0, 0.1) is 0 Å². The van der Waals surface area contributed by atoms with Crippen LogP contribution in [0.1, 0.15) is 26.7 Å². The van der Waals surface area contributed by atoms with Gasteiger partial charge in [0.1, 0.15) is 0 Å². The first-order valence-electron chi connectivity index (χ1n) is 7.82. The minimum atomic E-state index is -3.57. The average Bonchev–Trinajstić information content (AvgIpc) is 2.56. The lowest BCUT2D eigenvalue weighted by Gasteiger charge is -2.44. The van der Waals surface area contributed by atoms with Crippen molar-refractivity contribution in [1.29, 1.82) is 0 Å². The van der Waals surface area contributed by atoms with Crippen molar-refractivity contribution in [3.05, 3.63) is 30.3 Å².